The highest BCUT2D eigenvalue weighted by Crippen LogP contribution is 2.28. The van der Waals surface area contributed by atoms with Gasteiger partial charge in [-0.05, 0) is 17.7 Å². The van der Waals surface area contributed by atoms with E-state index in [4.69, 9.17) is 0 Å². The molecule has 1 atom stereocenters. The first-order valence-corrected chi connectivity index (χ1v) is 9.21. The molecule has 24 heavy (non-hydrogen) atoms. The van der Waals surface area contributed by atoms with E-state index in [0.29, 0.717) is 23.5 Å². The molecule has 4 rings (SSSR count). The standard InChI is InChI=1S/C18H17N3O2S/c22-24(23,18-8-4-7-15-11-19-10-9-16(15)18)21-12-17(20-13-21)14-5-2-1-3-6-14/h1-11,17,20H,12-13H2. The van der Waals surface area contributed by atoms with Gasteiger partial charge in [0.2, 0.25) is 10.0 Å². The minimum Gasteiger partial charge on any atom is -0.295 e. The normalized spacial score (nSPS) is 18.9. The molecule has 0 saturated carbocycles. The second-order valence-corrected chi connectivity index (χ2v) is 7.72. The van der Waals surface area contributed by atoms with Crippen LogP contribution in [0.5, 0.6) is 0 Å². The molecule has 0 spiro atoms. The Morgan fingerprint density at radius 1 is 1.04 bits per heavy atom. The second-order valence-electron chi connectivity index (χ2n) is 5.82. The molecular weight excluding hydrogens is 322 g/mol. The van der Waals surface area contributed by atoms with Crippen LogP contribution in [0.25, 0.3) is 10.8 Å². The number of nitrogens with one attached hydrogen (secondary N) is 1. The van der Waals surface area contributed by atoms with Gasteiger partial charge < -0.3 is 0 Å². The lowest BCUT2D eigenvalue weighted by Gasteiger charge is -2.17. The molecule has 2 aromatic carbocycles. The largest absolute Gasteiger partial charge is 0.295 e. The highest BCUT2D eigenvalue weighted by molar-refractivity contribution is 7.89. The summed E-state index contributed by atoms with van der Waals surface area (Å²) < 4.78 is 27.7. The summed E-state index contributed by atoms with van der Waals surface area (Å²) in [6.45, 7) is 0.733. The van der Waals surface area contributed by atoms with E-state index in [-0.39, 0.29) is 6.04 Å². The van der Waals surface area contributed by atoms with Crippen molar-refractivity contribution in [1.29, 1.82) is 0 Å². The van der Waals surface area contributed by atoms with Crippen LogP contribution in [0.4, 0.5) is 0 Å². The number of rotatable bonds is 3. The highest BCUT2D eigenvalue weighted by Gasteiger charge is 2.33. The molecule has 1 fully saturated rings. The molecule has 122 valence electrons. The van der Waals surface area contributed by atoms with Gasteiger partial charge >= 0.3 is 0 Å². The molecule has 1 N–H and O–H groups in total. The van der Waals surface area contributed by atoms with E-state index >= 15 is 0 Å². The summed E-state index contributed by atoms with van der Waals surface area (Å²) in [5, 5.41) is 4.81. The van der Waals surface area contributed by atoms with Gasteiger partial charge in [0.05, 0.1) is 11.6 Å². The maximum atomic E-state index is 13.1. The van der Waals surface area contributed by atoms with Crippen LogP contribution in [-0.2, 0) is 10.0 Å². The number of aromatic nitrogens is 1. The molecular formula is C18H17N3O2S. The lowest BCUT2D eigenvalue weighted by atomic mass is 10.1. The van der Waals surface area contributed by atoms with Gasteiger partial charge in [0.25, 0.3) is 0 Å². The Morgan fingerprint density at radius 2 is 1.88 bits per heavy atom. The molecule has 1 aliphatic heterocycles. The summed E-state index contributed by atoms with van der Waals surface area (Å²) in [5.74, 6) is 0. The van der Waals surface area contributed by atoms with Crippen molar-refractivity contribution in [2.75, 3.05) is 13.2 Å². The van der Waals surface area contributed by atoms with Crippen LogP contribution >= 0.6 is 0 Å². The van der Waals surface area contributed by atoms with Crippen LogP contribution in [0.3, 0.4) is 0 Å². The second kappa shape index (κ2) is 5.98. The zero-order valence-corrected chi connectivity index (χ0v) is 13.8. The van der Waals surface area contributed by atoms with Crippen molar-refractivity contribution in [2.45, 2.75) is 10.9 Å². The average Bonchev–Trinajstić information content (AvgIpc) is 3.13. The van der Waals surface area contributed by atoms with Crippen LogP contribution in [0.1, 0.15) is 11.6 Å². The summed E-state index contributed by atoms with van der Waals surface area (Å²) >= 11 is 0. The van der Waals surface area contributed by atoms with Crippen molar-refractivity contribution < 1.29 is 8.42 Å². The molecule has 5 nitrogen and oxygen atoms in total. The molecule has 3 aromatic rings. The highest BCUT2D eigenvalue weighted by atomic mass is 32.2. The van der Waals surface area contributed by atoms with Gasteiger partial charge in [0, 0.05) is 35.8 Å². The van der Waals surface area contributed by atoms with Crippen LogP contribution in [0, 0.1) is 0 Å². The first-order chi connectivity index (χ1) is 11.7. The predicted molar refractivity (Wildman–Crippen MR) is 92.8 cm³/mol. The predicted octanol–water partition coefficient (Wildman–Crippen LogP) is 2.53. The third-order valence-electron chi connectivity index (χ3n) is 4.36. The number of hydrogen-bond donors (Lipinski definition) is 1. The lowest BCUT2D eigenvalue weighted by molar-refractivity contribution is 0.471. The van der Waals surface area contributed by atoms with Gasteiger partial charge in [-0.25, -0.2) is 8.42 Å². The Bertz CT molecular complexity index is 968. The van der Waals surface area contributed by atoms with Gasteiger partial charge in [-0.3, -0.25) is 10.3 Å². The molecule has 1 unspecified atom stereocenters. The fourth-order valence-electron chi connectivity index (χ4n) is 3.09. The average molecular weight is 339 g/mol. The summed E-state index contributed by atoms with van der Waals surface area (Å²) in [5.41, 5.74) is 1.09. The monoisotopic (exact) mass is 339 g/mol. The summed E-state index contributed by atoms with van der Waals surface area (Å²) in [6.07, 6.45) is 3.31. The van der Waals surface area contributed by atoms with Gasteiger partial charge in [0.1, 0.15) is 0 Å². The van der Waals surface area contributed by atoms with E-state index in [1.165, 1.54) is 4.31 Å². The van der Waals surface area contributed by atoms with Gasteiger partial charge in [-0.1, -0.05) is 42.5 Å². The van der Waals surface area contributed by atoms with E-state index in [9.17, 15) is 8.42 Å². The number of nitrogens with zero attached hydrogens (tertiary/aromatic N) is 2. The van der Waals surface area contributed by atoms with Crippen molar-refractivity contribution in [3.05, 3.63) is 72.6 Å². The Hall–Kier alpha value is -2.28. The molecule has 6 heteroatoms. The van der Waals surface area contributed by atoms with Crippen LogP contribution in [-0.4, -0.2) is 30.9 Å². The van der Waals surface area contributed by atoms with Crippen molar-refractivity contribution in [2.24, 2.45) is 0 Å². The number of benzene rings is 2. The van der Waals surface area contributed by atoms with Crippen LogP contribution in [0.15, 0.2) is 71.9 Å². The molecule has 2 heterocycles. The minimum atomic E-state index is -3.56. The van der Waals surface area contributed by atoms with E-state index in [1.807, 2.05) is 36.4 Å². The van der Waals surface area contributed by atoms with Crippen molar-refractivity contribution in [3.63, 3.8) is 0 Å². The van der Waals surface area contributed by atoms with Crippen molar-refractivity contribution >= 4 is 20.8 Å². The molecule has 0 aliphatic carbocycles. The van der Waals surface area contributed by atoms with Crippen LogP contribution < -0.4 is 5.32 Å². The summed E-state index contributed by atoms with van der Waals surface area (Å²) in [6, 6.07) is 17.0. The zero-order valence-electron chi connectivity index (χ0n) is 13.0. The Labute approximate surface area is 141 Å². The minimum absolute atomic E-state index is 0.0117. The third-order valence-corrected chi connectivity index (χ3v) is 6.23. The molecule has 0 amide bonds. The van der Waals surface area contributed by atoms with Crippen LogP contribution in [0.2, 0.25) is 0 Å². The van der Waals surface area contributed by atoms with E-state index in [0.717, 1.165) is 10.9 Å². The fraction of sp³-hybridized carbons (Fsp3) is 0.167. The maximum absolute atomic E-state index is 13.1. The number of hydrogen-bond acceptors (Lipinski definition) is 4. The molecule has 1 aromatic heterocycles. The first kappa shape index (κ1) is 15.3. The number of sulfonamides is 1. The van der Waals surface area contributed by atoms with E-state index in [1.54, 1.807) is 30.6 Å². The molecule has 0 bridgehead atoms. The first-order valence-electron chi connectivity index (χ1n) is 7.77. The lowest BCUT2D eigenvalue weighted by Crippen LogP contribution is -2.29. The number of pyridine rings is 1. The van der Waals surface area contributed by atoms with Gasteiger partial charge in [-0.2, -0.15) is 4.31 Å². The number of fused-ring (bicyclic) bond motifs is 1. The van der Waals surface area contributed by atoms with Crippen molar-refractivity contribution in [3.8, 4) is 0 Å². The van der Waals surface area contributed by atoms with Gasteiger partial charge in [-0.15, -0.1) is 0 Å². The Balaban J connectivity index is 1.68. The Kier molecular flexibility index (Phi) is 3.80. The molecule has 1 aliphatic rings. The van der Waals surface area contributed by atoms with Crippen molar-refractivity contribution in [1.82, 2.24) is 14.6 Å². The Morgan fingerprint density at radius 3 is 2.71 bits per heavy atom. The fourth-order valence-corrected chi connectivity index (χ4v) is 4.68. The maximum Gasteiger partial charge on any atom is 0.244 e. The van der Waals surface area contributed by atoms with E-state index in [2.05, 4.69) is 10.3 Å². The molecule has 0 radical (unpaired) electrons. The smallest absolute Gasteiger partial charge is 0.244 e. The van der Waals surface area contributed by atoms with E-state index < -0.39 is 10.0 Å². The third kappa shape index (κ3) is 2.58. The van der Waals surface area contributed by atoms with Gasteiger partial charge in [0.15, 0.2) is 0 Å². The quantitative estimate of drug-likeness (QED) is 0.796. The zero-order chi connectivity index (χ0) is 16.6. The summed E-state index contributed by atoms with van der Waals surface area (Å²) in [7, 11) is -3.56. The molecule has 1 saturated heterocycles. The topological polar surface area (TPSA) is 62.3 Å². The SMILES string of the molecule is O=S(=O)(c1cccc2cnccc12)N1CNC(c2ccccc2)C1. The summed E-state index contributed by atoms with van der Waals surface area (Å²) in [4.78, 5) is 4.40.